The second-order valence-corrected chi connectivity index (χ2v) is 9.36. The molecule has 1 aliphatic rings. The summed E-state index contributed by atoms with van der Waals surface area (Å²) < 4.78 is 15.5. The maximum atomic E-state index is 13.3. The lowest BCUT2D eigenvalue weighted by Crippen LogP contribution is -2.48. The van der Waals surface area contributed by atoms with E-state index in [-0.39, 0.29) is 11.7 Å². The van der Waals surface area contributed by atoms with Crippen molar-refractivity contribution in [1.29, 1.82) is 0 Å². The first-order valence-corrected chi connectivity index (χ1v) is 12.5. The maximum absolute atomic E-state index is 13.3. The summed E-state index contributed by atoms with van der Waals surface area (Å²) in [6.45, 7) is 3.49. The minimum atomic E-state index is -0.334. The molecule has 5 nitrogen and oxygen atoms in total. The van der Waals surface area contributed by atoms with Crippen molar-refractivity contribution in [3.05, 3.63) is 120 Å². The molecule has 2 aromatic heterocycles. The highest BCUT2D eigenvalue weighted by Crippen LogP contribution is 2.28. The summed E-state index contributed by atoms with van der Waals surface area (Å²) in [7, 11) is 0. The van der Waals surface area contributed by atoms with E-state index in [0.717, 1.165) is 47.8 Å². The third-order valence-electron chi connectivity index (χ3n) is 7.00. The maximum Gasteiger partial charge on any atom is 0.253 e. The molecular weight excluding hydrogens is 463 g/mol. The summed E-state index contributed by atoms with van der Waals surface area (Å²) in [5.41, 5.74) is 6.95. The molecule has 3 aromatic carbocycles. The Morgan fingerprint density at radius 1 is 0.730 bits per heavy atom. The normalized spacial score (nSPS) is 14.2. The van der Waals surface area contributed by atoms with E-state index in [4.69, 9.17) is 4.98 Å². The van der Waals surface area contributed by atoms with Gasteiger partial charge in [0.15, 0.2) is 0 Å². The molecular formula is C31H27FN4O. The number of carbonyl (C=O) groups is 1. The Labute approximate surface area is 215 Å². The third kappa shape index (κ3) is 4.76. The van der Waals surface area contributed by atoms with E-state index in [1.165, 1.54) is 17.7 Å². The molecule has 37 heavy (non-hydrogen) atoms. The molecule has 1 aliphatic heterocycles. The molecule has 3 heterocycles. The number of rotatable bonds is 5. The number of piperazine rings is 1. The van der Waals surface area contributed by atoms with Gasteiger partial charge in [0.1, 0.15) is 11.5 Å². The first-order valence-electron chi connectivity index (χ1n) is 12.5. The van der Waals surface area contributed by atoms with Gasteiger partial charge in [0.25, 0.3) is 5.91 Å². The summed E-state index contributed by atoms with van der Waals surface area (Å²) >= 11 is 0. The summed E-state index contributed by atoms with van der Waals surface area (Å²) in [5.74, 6) is -0.383. The van der Waals surface area contributed by atoms with E-state index >= 15 is 0 Å². The molecule has 0 aliphatic carbocycles. The molecule has 6 rings (SSSR count). The van der Waals surface area contributed by atoms with Crippen molar-refractivity contribution in [1.82, 2.24) is 19.2 Å². The number of nitrogens with zero attached hydrogens (tertiary/aromatic N) is 4. The first kappa shape index (κ1) is 23.1. The molecule has 0 radical (unpaired) electrons. The average molecular weight is 491 g/mol. The van der Waals surface area contributed by atoms with Gasteiger partial charge in [-0.3, -0.25) is 9.69 Å². The molecule has 0 N–H and O–H groups in total. The fourth-order valence-electron chi connectivity index (χ4n) is 4.97. The van der Waals surface area contributed by atoms with Crippen LogP contribution in [0.5, 0.6) is 0 Å². The molecule has 0 bridgehead atoms. The molecule has 1 saturated heterocycles. The number of hydrogen-bond acceptors (Lipinski definition) is 3. The van der Waals surface area contributed by atoms with Crippen LogP contribution in [0.4, 0.5) is 4.39 Å². The van der Waals surface area contributed by atoms with E-state index in [1.807, 2.05) is 29.2 Å². The second kappa shape index (κ2) is 9.99. The van der Waals surface area contributed by atoms with E-state index in [1.54, 1.807) is 12.1 Å². The smallest absolute Gasteiger partial charge is 0.253 e. The Morgan fingerprint density at radius 2 is 1.38 bits per heavy atom. The van der Waals surface area contributed by atoms with Crippen LogP contribution in [0.3, 0.4) is 0 Å². The fraction of sp³-hybridized carbons (Fsp3) is 0.161. The van der Waals surface area contributed by atoms with Gasteiger partial charge >= 0.3 is 0 Å². The van der Waals surface area contributed by atoms with Crippen LogP contribution < -0.4 is 0 Å². The van der Waals surface area contributed by atoms with Crippen molar-refractivity contribution in [3.8, 4) is 22.4 Å². The lowest BCUT2D eigenvalue weighted by atomic mass is 10.1. The van der Waals surface area contributed by atoms with Crippen LogP contribution in [0.1, 0.15) is 16.1 Å². The van der Waals surface area contributed by atoms with E-state index < -0.39 is 0 Å². The van der Waals surface area contributed by atoms with Crippen LogP contribution in [0.15, 0.2) is 103 Å². The van der Waals surface area contributed by atoms with Gasteiger partial charge in [0.2, 0.25) is 0 Å². The molecule has 0 saturated carbocycles. The fourth-order valence-corrected chi connectivity index (χ4v) is 4.97. The number of imidazole rings is 1. The van der Waals surface area contributed by atoms with Crippen LogP contribution in [-0.2, 0) is 6.54 Å². The molecule has 184 valence electrons. The van der Waals surface area contributed by atoms with E-state index in [9.17, 15) is 9.18 Å². The summed E-state index contributed by atoms with van der Waals surface area (Å²) in [6.07, 6.45) is 2.17. The molecule has 1 fully saturated rings. The molecule has 1 amide bonds. The number of pyridine rings is 1. The Kier molecular flexibility index (Phi) is 6.25. The quantitative estimate of drug-likeness (QED) is 0.314. The number of aromatic nitrogens is 2. The Balaban J connectivity index is 1.28. The van der Waals surface area contributed by atoms with Gasteiger partial charge in [0.05, 0.1) is 11.4 Å². The highest BCUT2D eigenvalue weighted by Gasteiger charge is 2.24. The monoisotopic (exact) mass is 490 g/mol. The number of halogens is 1. The van der Waals surface area contributed by atoms with Gasteiger partial charge in [-0.2, -0.15) is 0 Å². The van der Waals surface area contributed by atoms with Crippen molar-refractivity contribution in [2.24, 2.45) is 0 Å². The predicted octanol–water partition coefficient (Wildman–Crippen LogP) is 5.77. The van der Waals surface area contributed by atoms with E-state index in [0.29, 0.717) is 18.7 Å². The molecule has 0 unspecified atom stereocenters. The van der Waals surface area contributed by atoms with Gasteiger partial charge < -0.3 is 9.30 Å². The Bertz CT molecular complexity index is 1520. The van der Waals surface area contributed by atoms with Gasteiger partial charge in [-0.15, -0.1) is 0 Å². The minimum Gasteiger partial charge on any atom is -0.336 e. The number of benzene rings is 3. The molecule has 0 spiro atoms. The number of fused-ring (bicyclic) bond motifs is 1. The molecule has 6 heteroatoms. The second-order valence-electron chi connectivity index (χ2n) is 9.36. The highest BCUT2D eigenvalue weighted by atomic mass is 19.1. The van der Waals surface area contributed by atoms with Crippen LogP contribution in [-0.4, -0.2) is 51.3 Å². The highest BCUT2D eigenvalue weighted by molar-refractivity contribution is 5.94. The van der Waals surface area contributed by atoms with Crippen molar-refractivity contribution < 1.29 is 9.18 Å². The SMILES string of the molecule is O=C(c1ccc(F)cc1)N1CCN(Cc2c(-c3ccccc3)nc3ccc(-c4ccccc4)cn23)CC1. The van der Waals surface area contributed by atoms with E-state index in [2.05, 4.69) is 64.0 Å². The lowest BCUT2D eigenvalue weighted by molar-refractivity contribution is 0.0627. The van der Waals surface area contributed by atoms with Crippen LogP contribution >= 0.6 is 0 Å². The molecule has 5 aromatic rings. The first-order chi connectivity index (χ1) is 18.2. The third-order valence-corrected chi connectivity index (χ3v) is 7.00. The van der Waals surface area contributed by atoms with Crippen molar-refractivity contribution in [3.63, 3.8) is 0 Å². The minimum absolute atomic E-state index is 0.0491. The molecule has 0 atom stereocenters. The van der Waals surface area contributed by atoms with Crippen LogP contribution in [0.2, 0.25) is 0 Å². The number of carbonyl (C=O) groups excluding carboxylic acids is 1. The predicted molar refractivity (Wildman–Crippen MR) is 144 cm³/mol. The van der Waals surface area contributed by atoms with Crippen LogP contribution in [0.25, 0.3) is 28.0 Å². The lowest BCUT2D eigenvalue weighted by Gasteiger charge is -2.34. The Morgan fingerprint density at radius 3 is 2.05 bits per heavy atom. The van der Waals surface area contributed by atoms with Gasteiger partial charge in [-0.25, -0.2) is 9.37 Å². The zero-order chi connectivity index (χ0) is 25.2. The topological polar surface area (TPSA) is 40.9 Å². The van der Waals surface area contributed by atoms with Gasteiger partial charge in [0, 0.05) is 50.0 Å². The summed E-state index contributed by atoms with van der Waals surface area (Å²) in [5, 5.41) is 0. The van der Waals surface area contributed by atoms with Gasteiger partial charge in [-0.1, -0.05) is 60.7 Å². The van der Waals surface area contributed by atoms with Crippen molar-refractivity contribution in [2.75, 3.05) is 26.2 Å². The summed E-state index contributed by atoms with van der Waals surface area (Å²) in [4.78, 5) is 22.1. The number of amides is 1. The van der Waals surface area contributed by atoms with Crippen molar-refractivity contribution >= 4 is 11.6 Å². The van der Waals surface area contributed by atoms with Crippen molar-refractivity contribution in [2.45, 2.75) is 6.54 Å². The summed E-state index contributed by atoms with van der Waals surface area (Å²) in [6, 6.07) is 30.6. The standard InChI is InChI=1S/C31H27FN4O/c32-27-14-11-25(12-15-27)31(37)35-19-17-34(18-20-35)22-28-30(24-9-5-2-6-10-24)33-29-16-13-26(21-36(28)29)23-7-3-1-4-8-23/h1-16,21H,17-20,22H2. The largest absolute Gasteiger partial charge is 0.336 e. The zero-order valence-corrected chi connectivity index (χ0v) is 20.4. The number of hydrogen-bond donors (Lipinski definition) is 0. The Hall–Kier alpha value is -4.29. The van der Waals surface area contributed by atoms with Crippen LogP contribution in [0, 0.1) is 5.82 Å². The van der Waals surface area contributed by atoms with Gasteiger partial charge in [-0.05, 0) is 47.5 Å². The zero-order valence-electron chi connectivity index (χ0n) is 20.4. The average Bonchev–Trinajstić information content (AvgIpc) is 3.32.